The molecule has 4 nitrogen and oxygen atoms in total. The standard InChI is InChI=1S/C3H4N2O2/c6-2-1-4-3(7)5-2/h1,4,6-7H/q+1. The molecule has 0 fully saturated rings. The van der Waals surface area contributed by atoms with Crippen molar-refractivity contribution in [3.8, 4) is 0 Å². The lowest BCUT2D eigenvalue weighted by Gasteiger charge is -1.68. The highest BCUT2D eigenvalue weighted by Gasteiger charge is 2.15. The first kappa shape index (κ1) is 3.98. The number of hydrogen-bond acceptors (Lipinski definition) is 3. The van der Waals surface area contributed by atoms with Crippen LogP contribution < -0.4 is 10.3 Å². The molecule has 0 atom stereocenters. The van der Waals surface area contributed by atoms with E-state index in [0.29, 0.717) is 0 Å². The minimum absolute atomic E-state index is 0.197. The van der Waals surface area contributed by atoms with Gasteiger partial charge >= 0.3 is 11.9 Å². The second kappa shape index (κ2) is 1.14. The molecule has 0 saturated heterocycles. The van der Waals surface area contributed by atoms with Crippen molar-refractivity contribution in [1.82, 2.24) is 10.3 Å². The third kappa shape index (κ3) is 0.623. The number of rotatable bonds is 0. The van der Waals surface area contributed by atoms with Gasteiger partial charge in [-0.1, -0.05) is 0 Å². The van der Waals surface area contributed by atoms with Crippen LogP contribution in [0.15, 0.2) is 12.1 Å². The molecule has 1 aliphatic heterocycles. The van der Waals surface area contributed by atoms with Gasteiger partial charge < -0.3 is 10.2 Å². The van der Waals surface area contributed by atoms with E-state index in [1.807, 2.05) is 0 Å². The van der Waals surface area contributed by atoms with E-state index in [0.717, 1.165) is 0 Å². The van der Waals surface area contributed by atoms with E-state index < -0.39 is 0 Å². The van der Waals surface area contributed by atoms with Gasteiger partial charge in [0.25, 0.3) is 0 Å². The summed E-state index contributed by atoms with van der Waals surface area (Å²) in [6.45, 7) is 0. The summed E-state index contributed by atoms with van der Waals surface area (Å²) in [5, 5.41) is 18.9. The molecule has 0 unspecified atom stereocenters. The Balaban J connectivity index is 2.69. The third-order valence-corrected chi connectivity index (χ3v) is 0.551. The SMILES string of the molecule is OC1=CNC(O)=[N+]1. The van der Waals surface area contributed by atoms with Gasteiger partial charge in [0.15, 0.2) is 6.20 Å². The topological polar surface area (TPSA) is 66.6 Å². The van der Waals surface area contributed by atoms with Gasteiger partial charge in [-0.25, -0.2) is 5.32 Å². The maximum Gasteiger partial charge on any atom is 0.497 e. The minimum Gasteiger partial charge on any atom is -0.472 e. The number of hydrogen-bond donors (Lipinski definition) is 3. The molecule has 1 heterocycles. The summed E-state index contributed by atoms with van der Waals surface area (Å²) in [6.07, 6.45) is 1.19. The van der Waals surface area contributed by atoms with Gasteiger partial charge in [-0.2, -0.15) is 0 Å². The number of aliphatic hydroxyl groups is 2. The predicted molar refractivity (Wildman–Crippen MR) is 23.6 cm³/mol. The van der Waals surface area contributed by atoms with Gasteiger partial charge in [-0.05, 0) is 0 Å². The summed E-state index contributed by atoms with van der Waals surface area (Å²) in [6, 6.07) is -0.266. The minimum atomic E-state index is -0.266. The molecule has 0 aromatic rings. The molecule has 0 spiro atoms. The van der Waals surface area contributed by atoms with E-state index in [1.165, 1.54) is 6.20 Å². The van der Waals surface area contributed by atoms with Gasteiger partial charge in [-0.3, -0.25) is 0 Å². The summed E-state index contributed by atoms with van der Waals surface area (Å²) in [4.78, 5) is 3.17. The van der Waals surface area contributed by atoms with Crippen molar-refractivity contribution in [3.05, 3.63) is 12.1 Å². The molecule has 0 amide bonds. The smallest absolute Gasteiger partial charge is 0.472 e. The number of aliphatic hydroxyl groups excluding tert-OH is 2. The van der Waals surface area contributed by atoms with Crippen molar-refractivity contribution in [2.75, 3.05) is 0 Å². The summed E-state index contributed by atoms with van der Waals surface area (Å²) in [5.74, 6) is -0.197. The quantitative estimate of drug-likeness (QED) is 0.373. The van der Waals surface area contributed by atoms with E-state index in [4.69, 9.17) is 10.2 Å². The molecule has 1 aliphatic rings. The second-order valence-electron chi connectivity index (χ2n) is 1.08. The third-order valence-electron chi connectivity index (χ3n) is 0.551. The first-order chi connectivity index (χ1) is 3.29. The maximum atomic E-state index is 8.35. The van der Waals surface area contributed by atoms with Crippen LogP contribution in [0.2, 0.25) is 0 Å². The first-order valence-corrected chi connectivity index (χ1v) is 1.72. The molecule has 4 heteroatoms. The lowest BCUT2D eigenvalue weighted by atomic mass is 10.9. The second-order valence-corrected chi connectivity index (χ2v) is 1.08. The molecule has 7 heavy (non-hydrogen) atoms. The Hall–Kier alpha value is -1.19. The van der Waals surface area contributed by atoms with Crippen LogP contribution in [0.1, 0.15) is 0 Å². The van der Waals surface area contributed by atoms with E-state index in [-0.39, 0.29) is 11.9 Å². The van der Waals surface area contributed by atoms with Crippen LogP contribution in [-0.2, 0) is 0 Å². The van der Waals surface area contributed by atoms with Crippen LogP contribution in [-0.4, -0.2) is 16.2 Å². The van der Waals surface area contributed by atoms with Crippen LogP contribution in [0.5, 0.6) is 0 Å². The molecule has 0 bridgehead atoms. The summed E-state index contributed by atoms with van der Waals surface area (Å²) in [5.41, 5.74) is 0. The monoisotopic (exact) mass is 100 g/mol. The van der Waals surface area contributed by atoms with Crippen LogP contribution in [0.25, 0.3) is 0 Å². The van der Waals surface area contributed by atoms with Gasteiger partial charge in [0.2, 0.25) is 0 Å². The Bertz CT molecular complexity index is 138. The van der Waals surface area contributed by atoms with Crippen LogP contribution in [0.3, 0.4) is 0 Å². The fraction of sp³-hybridized carbons (Fsp3) is 0. The van der Waals surface area contributed by atoms with Crippen molar-refractivity contribution in [2.45, 2.75) is 0 Å². The molecule has 1 rings (SSSR count). The average Bonchev–Trinajstić information content (AvgIpc) is 1.87. The molecule has 1 radical (unpaired) electrons. The Morgan fingerprint density at radius 3 is 2.43 bits per heavy atom. The van der Waals surface area contributed by atoms with E-state index in [9.17, 15) is 0 Å². The molecular formula is C3H4N2O2+. The average molecular weight is 100 g/mol. The molecule has 3 N–H and O–H groups in total. The number of amidine groups is 1. The highest BCUT2D eigenvalue weighted by Crippen LogP contribution is 1.81. The summed E-state index contributed by atoms with van der Waals surface area (Å²) < 4.78 is 0. The molecule has 0 aromatic heterocycles. The van der Waals surface area contributed by atoms with Gasteiger partial charge in [0.05, 0.1) is 0 Å². The zero-order valence-electron chi connectivity index (χ0n) is 3.42. The van der Waals surface area contributed by atoms with E-state index in [2.05, 4.69) is 10.3 Å². The number of nitrogens with zero attached hydrogens (tertiary/aromatic N) is 1. The van der Waals surface area contributed by atoms with Gasteiger partial charge in [0, 0.05) is 4.99 Å². The van der Waals surface area contributed by atoms with Crippen molar-refractivity contribution in [3.63, 3.8) is 0 Å². The molecule has 0 aromatic carbocycles. The zero-order chi connectivity index (χ0) is 5.28. The fourth-order valence-electron chi connectivity index (χ4n) is 0.302. The Kier molecular flexibility index (Phi) is 0.651. The maximum absolute atomic E-state index is 8.35. The lowest BCUT2D eigenvalue weighted by Crippen LogP contribution is -2.14. The zero-order valence-corrected chi connectivity index (χ0v) is 3.42. The Labute approximate surface area is 39.8 Å². The predicted octanol–water partition coefficient (Wildman–Crippen LogP) is -0.804. The van der Waals surface area contributed by atoms with E-state index in [1.54, 1.807) is 0 Å². The van der Waals surface area contributed by atoms with Crippen molar-refractivity contribution in [2.24, 2.45) is 0 Å². The first-order valence-electron chi connectivity index (χ1n) is 1.72. The lowest BCUT2D eigenvalue weighted by molar-refractivity contribution is 0.391. The van der Waals surface area contributed by atoms with Crippen LogP contribution in [0, 0.1) is 0 Å². The summed E-state index contributed by atoms with van der Waals surface area (Å²) >= 11 is 0. The molecule has 37 valence electrons. The highest BCUT2D eigenvalue weighted by molar-refractivity contribution is 5.73. The summed E-state index contributed by atoms with van der Waals surface area (Å²) in [7, 11) is 0. The van der Waals surface area contributed by atoms with E-state index >= 15 is 0 Å². The van der Waals surface area contributed by atoms with Crippen molar-refractivity contribution in [1.29, 1.82) is 0 Å². The van der Waals surface area contributed by atoms with Crippen molar-refractivity contribution < 1.29 is 10.2 Å². The Morgan fingerprint density at radius 2 is 2.29 bits per heavy atom. The molecule has 0 saturated carbocycles. The van der Waals surface area contributed by atoms with Gasteiger partial charge in [0.1, 0.15) is 0 Å². The normalized spacial score (nSPS) is 17.7. The number of aliphatic imine (C=N–C) groups is 1. The largest absolute Gasteiger partial charge is 0.497 e. The van der Waals surface area contributed by atoms with Crippen LogP contribution in [0.4, 0.5) is 0 Å². The number of nitrogens with one attached hydrogen (secondary N) is 1. The fourth-order valence-corrected chi connectivity index (χ4v) is 0.302. The highest BCUT2D eigenvalue weighted by atomic mass is 16.3. The molecular weight excluding hydrogens is 96.0 g/mol. The Morgan fingerprint density at radius 1 is 1.57 bits per heavy atom. The molecule has 0 aliphatic carbocycles. The van der Waals surface area contributed by atoms with Gasteiger partial charge in [-0.15, -0.1) is 0 Å². The van der Waals surface area contributed by atoms with Crippen LogP contribution >= 0.6 is 0 Å². The van der Waals surface area contributed by atoms with Crippen molar-refractivity contribution >= 4 is 6.02 Å².